The standard InChI is InChI=1S/C14H23F2NO2/c1-10-4-5-11-9-14(15,16)13(18)17(12(11)8-10)6-3-7-19-2/h10-12H,3-9H2,1-2H3/t10-,11-,12?/m1/s1. The molecule has 1 heterocycles. The lowest BCUT2D eigenvalue weighted by atomic mass is 9.73. The summed E-state index contributed by atoms with van der Waals surface area (Å²) >= 11 is 0. The third kappa shape index (κ3) is 3.07. The lowest BCUT2D eigenvalue weighted by Gasteiger charge is -2.47. The first-order valence-electron chi connectivity index (χ1n) is 7.13. The molecule has 1 saturated heterocycles. The van der Waals surface area contributed by atoms with Crippen molar-refractivity contribution in [2.45, 2.75) is 51.0 Å². The Kier molecular flexibility index (Phi) is 4.43. The van der Waals surface area contributed by atoms with E-state index in [0.29, 0.717) is 25.5 Å². The van der Waals surface area contributed by atoms with Crippen molar-refractivity contribution < 1.29 is 18.3 Å². The van der Waals surface area contributed by atoms with E-state index < -0.39 is 11.8 Å². The molecule has 2 aliphatic rings. The fourth-order valence-electron chi connectivity index (χ4n) is 3.46. The van der Waals surface area contributed by atoms with Crippen LogP contribution in [0.2, 0.25) is 0 Å². The summed E-state index contributed by atoms with van der Waals surface area (Å²) in [6, 6.07) is 0.00716. The Balaban J connectivity index is 2.11. The zero-order valence-corrected chi connectivity index (χ0v) is 11.7. The third-order valence-electron chi connectivity index (χ3n) is 4.46. The summed E-state index contributed by atoms with van der Waals surface area (Å²) in [6.07, 6.45) is 3.03. The first kappa shape index (κ1) is 14.7. The molecule has 3 atom stereocenters. The van der Waals surface area contributed by atoms with Crippen molar-refractivity contribution in [3.05, 3.63) is 0 Å². The molecule has 3 nitrogen and oxygen atoms in total. The number of ether oxygens (including phenoxy) is 1. The topological polar surface area (TPSA) is 29.5 Å². The summed E-state index contributed by atoms with van der Waals surface area (Å²) in [5, 5.41) is 0. The number of piperidine rings is 1. The van der Waals surface area contributed by atoms with E-state index in [0.717, 1.165) is 19.3 Å². The highest BCUT2D eigenvalue weighted by Gasteiger charge is 2.53. The summed E-state index contributed by atoms with van der Waals surface area (Å²) in [4.78, 5) is 13.4. The van der Waals surface area contributed by atoms with Crippen LogP contribution >= 0.6 is 0 Å². The first-order valence-corrected chi connectivity index (χ1v) is 7.13. The van der Waals surface area contributed by atoms with Gasteiger partial charge in [0.05, 0.1) is 0 Å². The van der Waals surface area contributed by atoms with Crippen LogP contribution in [0.4, 0.5) is 8.78 Å². The fourth-order valence-corrected chi connectivity index (χ4v) is 3.46. The highest BCUT2D eigenvalue weighted by Crippen LogP contribution is 2.43. The predicted molar refractivity (Wildman–Crippen MR) is 68.1 cm³/mol. The minimum Gasteiger partial charge on any atom is -0.385 e. The largest absolute Gasteiger partial charge is 0.385 e. The average Bonchev–Trinajstić information content (AvgIpc) is 2.35. The van der Waals surface area contributed by atoms with E-state index in [2.05, 4.69) is 6.92 Å². The second-order valence-electron chi connectivity index (χ2n) is 6.00. The van der Waals surface area contributed by atoms with Gasteiger partial charge in [0.25, 0.3) is 5.91 Å². The molecule has 110 valence electrons. The summed E-state index contributed by atoms with van der Waals surface area (Å²) in [5.74, 6) is -3.66. The fraction of sp³-hybridized carbons (Fsp3) is 0.929. The normalized spacial score (nSPS) is 34.2. The maximum absolute atomic E-state index is 13.8. The van der Waals surface area contributed by atoms with Crippen molar-refractivity contribution in [1.82, 2.24) is 4.90 Å². The first-order chi connectivity index (χ1) is 8.95. The number of amides is 1. The summed E-state index contributed by atoms with van der Waals surface area (Å²) in [5.41, 5.74) is 0. The van der Waals surface area contributed by atoms with Crippen molar-refractivity contribution in [1.29, 1.82) is 0 Å². The van der Waals surface area contributed by atoms with Gasteiger partial charge in [0.2, 0.25) is 0 Å². The molecular formula is C14H23F2NO2. The minimum absolute atomic E-state index is 0.00716. The van der Waals surface area contributed by atoms with Crippen LogP contribution in [0.1, 0.15) is 39.0 Å². The molecule has 0 aromatic rings. The number of alkyl halides is 2. The van der Waals surface area contributed by atoms with Gasteiger partial charge < -0.3 is 9.64 Å². The monoisotopic (exact) mass is 275 g/mol. The Morgan fingerprint density at radius 2 is 2.16 bits per heavy atom. The molecule has 1 amide bonds. The molecule has 1 aliphatic heterocycles. The lowest BCUT2D eigenvalue weighted by molar-refractivity contribution is -0.177. The number of carbonyl (C=O) groups is 1. The van der Waals surface area contributed by atoms with Gasteiger partial charge in [-0.3, -0.25) is 4.79 Å². The summed E-state index contributed by atoms with van der Waals surface area (Å²) in [6.45, 7) is 3.03. The molecule has 1 unspecified atom stereocenters. The van der Waals surface area contributed by atoms with Crippen molar-refractivity contribution in [2.24, 2.45) is 11.8 Å². The Morgan fingerprint density at radius 1 is 1.42 bits per heavy atom. The Bertz CT molecular complexity index is 335. The SMILES string of the molecule is COCCCN1C(=O)C(F)(F)C[C@H]2CC[C@@H](C)CC21. The van der Waals surface area contributed by atoms with Crippen LogP contribution in [0.3, 0.4) is 0 Å². The van der Waals surface area contributed by atoms with Crippen LogP contribution in [0.5, 0.6) is 0 Å². The molecule has 0 bridgehead atoms. The second-order valence-corrected chi connectivity index (χ2v) is 6.00. The molecule has 2 rings (SSSR count). The maximum Gasteiger partial charge on any atom is 0.325 e. The van der Waals surface area contributed by atoms with Crippen molar-refractivity contribution in [3.63, 3.8) is 0 Å². The highest BCUT2D eigenvalue weighted by molar-refractivity contribution is 5.84. The number of hydrogen-bond donors (Lipinski definition) is 0. The van der Waals surface area contributed by atoms with Crippen LogP contribution in [-0.2, 0) is 9.53 Å². The summed E-state index contributed by atoms with van der Waals surface area (Å²) < 4.78 is 32.6. The van der Waals surface area contributed by atoms with Crippen molar-refractivity contribution in [2.75, 3.05) is 20.3 Å². The van der Waals surface area contributed by atoms with Gasteiger partial charge in [-0.05, 0) is 31.1 Å². The molecule has 0 aromatic heterocycles. The lowest BCUT2D eigenvalue weighted by Crippen LogP contribution is -2.59. The molecule has 1 saturated carbocycles. The van der Waals surface area contributed by atoms with E-state index in [1.165, 1.54) is 4.90 Å². The molecular weight excluding hydrogens is 252 g/mol. The van der Waals surface area contributed by atoms with E-state index in [1.54, 1.807) is 7.11 Å². The van der Waals surface area contributed by atoms with Gasteiger partial charge in [0.15, 0.2) is 0 Å². The number of likely N-dealkylation sites (tertiary alicyclic amines) is 1. The number of rotatable bonds is 4. The van der Waals surface area contributed by atoms with E-state index in [4.69, 9.17) is 4.74 Å². The molecule has 0 spiro atoms. The van der Waals surface area contributed by atoms with Crippen LogP contribution in [0.15, 0.2) is 0 Å². The molecule has 5 heteroatoms. The van der Waals surface area contributed by atoms with E-state index >= 15 is 0 Å². The van der Waals surface area contributed by atoms with Gasteiger partial charge in [0.1, 0.15) is 0 Å². The van der Waals surface area contributed by atoms with Gasteiger partial charge in [-0.25, -0.2) is 0 Å². The molecule has 2 fully saturated rings. The van der Waals surface area contributed by atoms with Crippen LogP contribution in [-0.4, -0.2) is 43.0 Å². The van der Waals surface area contributed by atoms with E-state index in [1.807, 2.05) is 0 Å². The zero-order chi connectivity index (χ0) is 14.0. The molecule has 0 radical (unpaired) electrons. The van der Waals surface area contributed by atoms with Crippen molar-refractivity contribution >= 4 is 5.91 Å². The molecule has 0 N–H and O–H groups in total. The van der Waals surface area contributed by atoms with Crippen LogP contribution < -0.4 is 0 Å². The predicted octanol–water partition coefficient (Wildman–Crippen LogP) is 2.70. The Hall–Kier alpha value is -0.710. The van der Waals surface area contributed by atoms with Gasteiger partial charge in [-0.1, -0.05) is 13.3 Å². The van der Waals surface area contributed by atoms with Gasteiger partial charge in [-0.15, -0.1) is 0 Å². The number of halogens is 2. The second kappa shape index (κ2) is 5.73. The van der Waals surface area contributed by atoms with Gasteiger partial charge >= 0.3 is 5.92 Å². The van der Waals surface area contributed by atoms with Crippen LogP contribution in [0, 0.1) is 11.8 Å². The number of nitrogens with zero attached hydrogens (tertiary/aromatic N) is 1. The number of hydrogen-bond acceptors (Lipinski definition) is 2. The van der Waals surface area contributed by atoms with Crippen LogP contribution in [0.25, 0.3) is 0 Å². The highest BCUT2D eigenvalue weighted by atomic mass is 19.3. The smallest absolute Gasteiger partial charge is 0.325 e. The van der Waals surface area contributed by atoms with Crippen molar-refractivity contribution in [3.8, 4) is 0 Å². The maximum atomic E-state index is 13.8. The van der Waals surface area contributed by atoms with E-state index in [-0.39, 0.29) is 18.4 Å². The molecule has 19 heavy (non-hydrogen) atoms. The number of carbonyl (C=O) groups excluding carboxylic acids is 1. The molecule has 0 aromatic carbocycles. The van der Waals surface area contributed by atoms with Gasteiger partial charge in [-0.2, -0.15) is 8.78 Å². The van der Waals surface area contributed by atoms with E-state index in [9.17, 15) is 13.6 Å². The Morgan fingerprint density at radius 3 is 2.84 bits per heavy atom. The van der Waals surface area contributed by atoms with Gasteiger partial charge in [0, 0.05) is 32.7 Å². The minimum atomic E-state index is -3.17. The quantitative estimate of drug-likeness (QED) is 0.738. The summed E-state index contributed by atoms with van der Waals surface area (Å²) in [7, 11) is 1.58. The third-order valence-corrected chi connectivity index (χ3v) is 4.46. The average molecular weight is 275 g/mol. The Labute approximate surface area is 113 Å². The number of fused-ring (bicyclic) bond motifs is 1. The number of methoxy groups -OCH3 is 1. The molecule has 1 aliphatic carbocycles. The zero-order valence-electron chi connectivity index (χ0n) is 11.7.